The van der Waals surface area contributed by atoms with E-state index in [4.69, 9.17) is 4.74 Å². The van der Waals surface area contributed by atoms with Crippen LogP contribution in [0.1, 0.15) is 33.6 Å². The highest BCUT2D eigenvalue weighted by molar-refractivity contribution is 7.99. The molecule has 0 saturated heterocycles. The summed E-state index contributed by atoms with van der Waals surface area (Å²) >= 11 is 1.34. The van der Waals surface area contributed by atoms with E-state index in [1.165, 1.54) is 11.8 Å². The minimum atomic E-state index is -0.445. The number of rotatable bonds is 7. The maximum absolute atomic E-state index is 11.9. The van der Waals surface area contributed by atoms with Crippen molar-refractivity contribution < 1.29 is 14.3 Å². The Balaban J connectivity index is 1.82. The van der Waals surface area contributed by atoms with Crippen molar-refractivity contribution >= 4 is 23.5 Å². The van der Waals surface area contributed by atoms with Crippen LogP contribution >= 0.6 is 11.8 Å². The lowest BCUT2D eigenvalue weighted by Crippen LogP contribution is -2.14. The van der Waals surface area contributed by atoms with Gasteiger partial charge in [0.2, 0.25) is 0 Å². The maximum atomic E-state index is 11.9. The van der Waals surface area contributed by atoms with Gasteiger partial charge in [-0.1, -0.05) is 30.3 Å². The molecule has 2 rings (SSSR count). The third-order valence-electron chi connectivity index (χ3n) is 3.43. The number of benzene rings is 1. The Morgan fingerprint density at radius 2 is 1.96 bits per heavy atom. The van der Waals surface area contributed by atoms with E-state index in [1.54, 1.807) is 24.3 Å². The van der Waals surface area contributed by atoms with Crippen molar-refractivity contribution in [3.05, 3.63) is 58.8 Å². The van der Waals surface area contributed by atoms with E-state index >= 15 is 0 Å². The van der Waals surface area contributed by atoms with E-state index in [0.29, 0.717) is 21.9 Å². The number of hydrogen-bond donors (Lipinski definition) is 0. The Labute approximate surface area is 151 Å². The summed E-state index contributed by atoms with van der Waals surface area (Å²) in [6.45, 7) is 3.46. The Morgan fingerprint density at radius 3 is 2.64 bits per heavy atom. The molecule has 0 atom stereocenters. The third-order valence-corrected chi connectivity index (χ3v) is 4.41. The van der Waals surface area contributed by atoms with Crippen LogP contribution in [-0.2, 0) is 9.53 Å². The fraction of sp³-hybridized carbons (Fsp3) is 0.263. The van der Waals surface area contributed by atoms with Gasteiger partial charge in [0.15, 0.2) is 12.4 Å². The normalized spacial score (nSPS) is 10.1. The fourth-order valence-corrected chi connectivity index (χ4v) is 3.22. The second-order valence-corrected chi connectivity index (χ2v) is 6.50. The van der Waals surface area contributed by atoms with Crippen molar-refractivity contribution in [3.8, 4) is 6.07 Å². The first-order chi connectivity index (χ1) is 12.0. The summed E-state index contributed by atoms with van der Waals surface area (Å²) in [5.74, 6) is -0.243. The van der Waals surface area contributed by atoms with Crippen molar-refractivity contribution in [1.29, 1.82) is 5.26 Å². The van der Waals surface area contributed by atoms with Gasteiger partial charge in [-0.05, 0) is 25.5 Å². The summed E-state index contributed by atoms with van der Waals surface area (Å²) in [5.41, 5.74) is 2.74. The highest BCUT2D eigenvalue weighted by Crippen LogP contribution is 2.24. The van der Waals surface area contributed by atoms with Crippen molar-refractivity contribution in [2.24, 2.45) is 0 Å². The zero-order valence-electron chi connectivity index (χ0n) is 14.1. The number of hydrogen-bond acceptors (Lipinski definition) is 6. The first-order valence-electron chi connectivity index (χ1n) is 7.76. The molecular weight excluding hydrogens is 336 g/mol. The predicted molar refractivity (Wildman–Crippen MR) is 95.5 cm³/mol. The monoisotopic (exact) mass is 354 g/mol. The quantitative estimate of drug-likeness (QED) is 0.430. The van der Waals surface area contributed by atoms with Gasteiger partial charge in [0.05, 0.1) is 12.0 Å². The number of Topliss-reactive ketones (excluding diaryl/α,β-unsaturated/α-hetero) is 1. The van der Waals surface area contributed by atoms with Crippen LogP contribution in [0.2, 0.25) is 0 Å². The Morgan fingerprint density at radius 1 is 1.24 bits per heavy atom. The zero-order chi connectivity index (χ0) is 18.2. The lowest BCUT2D eigenvalue weighted by Gasteiger charge is -2.07. The molecule has 2 aromatic rings. The van der Waals surface area contributed by atoms with Gasteiger partial charge in [-0.15, -0.1) is 11.8 Å². The minimum Gasteiger partial charge on any atom is -0.457 e. The molecule has 1 aromatic carbocycles. The molecule has 0 unspecified atom stereocenters. The van der Waals surface area contributed by atoms with Gasteiger partial charge < -0.3 is 4.74 Å². The van der Waals surface area contributed by atoms with Crippen LogP contribution in [0.5, 0.6) is 0 Å². The van der Waals surface area contributed by atoms with Gasteiger partial charge in [0.25, 0.3) is 0 Å². The third kappa shape index (κ3) is 5.44. The Hall–Kier alpha value is -2.65. The zero-order valence-corrected chi connectivity index (χ0v) is 14.9. The number of pyridine rings is 1. The predicted octanol–water partition coefficient (Wildman–Crippen LogP) is 3.48. The van der Waals surface area contributed by atoms with Crippen molar-refractivity contribution in [2.75, 3.05) is 12.4 Å². The molecule has 0 spiro atoms. The van der Waals surface area contributed by atoms with Gasteiger partial charge in [0.1, 0.15) is 11.1 Å². The number of ether oxygens (including phenoxy) is 1. The van der Waals surface area contributed by atoms with Crippen molar-refractivity contribution in [3.63, 3.8) is 0 Å². The second kappa shape index (κ2) is 9.00. The van der Waals surface area contributed by atoms with E-state index in [1.807, 2.05) is 26.0 Å². The molecule has 0 aliphatic carbocycles. The standard InChI is InChI=1S/C19H18N2O3S/c1-13-10-14(2)21-19(16(13)11-20)25-9-8-18(23)24-12-17(22)15-6-4-3-5-7-15/h3-7,10H,8-9,12H2,1-2H3. The molecule has 0 N–H and O–H groups in total. The summed E-state index contributed by atoms with van der Waals surface area (Å²) in [6.07, 6.45) is 0.145. The molecule has 1 aromatic heterocycles. The molecule has 0 aliphatic heterocycles. The van der Waals surface area contributed by atoms with Crippen molar-refractivity contribution in [2.45, 2.75) is 25.3 Å². The number of thioether (sulfide) groups is 1. The topological polar surface area (TPSA) is 80.0 Å². The number of carbonyl (C=O) groups is 2. The smallest absolute Gasteiger partial charge is 0.307 e. The number of nitrogens with zero attached hydrogens (tertiary/aromatic N) is 2. The van der Waals surface area contributed by atoms with Crippen LogP contribution in [0.4, 0.5) is 0 Å². The molecule has 0 saturated carbocycles. The molecular formula is C19H18N2O3S. The molecule has 5 nitrogen and oxygen atoms in total. The lowest BCUT2D eigenvalue weighted by atomic mass is 10.1. The van der Waals surface area contributed by atoms with Crippen LogP contribution in [0.15, 0.2) is 41.4 Å². The van der Waals surface area contributed by atoms with E-state index in [0.717, 1.165) is 11.3 Å². The van der Waals surface area contributed by atoms with Crippen LogP contribution in [0, 0.1) is 25.2 Å². The number of nitriles is 1. The number of aromatic nitrogens is 1. The van der Waals surface area contributed by atoms with Crippen LogP contribution in [0.25, 0.3) is 0 Å². The Bertz CT molecular complexity index is 813. The molecule has 0 fully saturated rings. The maximum Gasteiger partial charge on any atom is 0.307 e. The summed E-state index contributed by atoms with van der Waals surface area (Å²) in [5, 5.41) is 9.84. The molecule has 0 aliphatic rings. The number of aryl methyl sites for hydroxylation is 2. The molecule has 1 heterocycles. The van der Waals surface area contributed by atoms with Gasteiger partial charge in [-0.25, -0.2) is 4.98 Å². The number of carbonyl (C=O) groups excluding carboxylic acids is 2. The second-order valence-electron chi connectivity index (χ2n) is 5.42. The minimum absolute atomic E-state index is 0.145. The first-order valence-corrected chi connectivity index (χ1v) is 8.75. The molecule has 128 valence electrons. The molecule has 0 radical (unpaired) electrons. The molecule has 0 amide bonds. The Kier molecular flexibility index (Phi) is 6.72. The highest BCUT2D eigenvalue weighted by atomic mass is 32.2. The van der Waals surface area contributed by atoms with E-state index in [2.05, 4.69) is 11.1 Å². The largest absolute Gasteiger partial charge is 0.457 e. The van der Waals surface area contributed by atoms with E-state index < -0.39 is 5.97 Å². The van der Waals surface area contributed by atoms with Gasteiger partial charge in [-0.2, -0.15) is 5.26 Å². The van der Waals surface area contributed by atoms with E-state index in [9.17, 15) is 14.9 Å². The molecule has 25 heavy (non-hydrogen) atoms. The van der Waals surface area contributed by atoms with Gasteiger partial charge >= 0.3 is 5.97 Å². The summed E-state index contributed by atoms with van der Waals surface area (Å²) in [6, 6.07) is 12.7. The average Bonchev–Trinajstić information content (AvgIpc) is 2.60. The number of esters is 1. The van der Waals surface area contributed by atoms with Gasteiger partial charge in [-0.3, -0.25) is 9.59 Å². The van der Waals surface area contributed by atoms with Gasteiger partial charge in [0, 0.05) is 17.0 Å². The van der Waals surface area contributed by atoms with Crippen molar-refractivity contribution in [1.82, 2.24) is 4.98 Å². The lowest BCUT2D eigenvalue weighted by molar-refractivity contribution is -0.141. The number of ketones is 1. The van der Waals surface area contributed by atoms with Crippen LogP contribution in [0.3, 0.4) is 0 Å². The van der Waals surface area contributed by atoms with Crippen LogP contribution in [-0.4, -0.2) is 29.1 Å². The summed E-state index contributed by atoms with van der Waals surface area (Å²) in [4.78, 5) is 28.0. The highest BCUT2D eigenvalue weighted by Gasteiger charge is 2.12. The van der Waals surface area contributed by atoms with Crippen LogP contribution < -0.4 is 0 Å². The average molecular weight is 354 g/mol. The molecule has 6 heteroatoms. The van der Waals surface area contributed by atoms with E-state index in [-0.39, 0.29) is 18.8 Å². The summed E-state index contributed by atoms with van der Waals surface area (Å²) < 4.78 is 5.01. The first kappa shape index (κ1) is 18.7. The molecule has 0 bridgehead atoms. The fourth-order valence-electron chi connectivity index (χ4n) is 2.20. The SMILES string of the molecule is Cc1cc(C)c(C#N)c(SCCC(=O)OCC(=O)c2ccccc2)n1. The summed E-state index contributed by atoms with van der Waals surface area (Å²) in [7, 11) is 0.